The van der Waals surface area contributed by atoms with Gasteiger partial charge < -0.3 is 15.5 Å². The quantitative estimate of drug-likeness (QED) is 0.640. The first-order valence-corrected chi connectivity index (χ1v) is 4.93. The first kappa shape index (κ1) is 11.1. The van der Waals surface area contributed by atoms with Gasteiger partial charge in [0.05, 0.1) is 18.3 Å². The molecule has 5 nitrogen and oxygen atoms in total. The minimum Gasteiger partial charge on any atom is -0.393 e. The van der Waals surface area contributed by atoms with Crippen molar-refractivity contribution in [3.63, 3.8) is 0 Å². The normalized spacial score (nSPS) is 14.8. The van der Waals surface area contributed by atoms with Gasteiger partial charge in [-0.05, 0) is 6.92 Å². The Morgan fingerprint density at radius 2 is 2.50 bits per heavy atom. The number of thiazole rings is 1. The van der Waals surface area contributed by atoms with Crippen LogP contribution in [0, 0.1) is 0 Å². The van der Waals surface area contributed by atoms with Crippen LogP contribution in [0.3, 0.4) is 0 Å². The van der Waals surface area contributed by atoms with Gasteiger partial charge in [-0.2, -0.15) is 0 Å². The van der Waals surface area contributed by atoms with Gasteiger partial charge >= 0.3 is 0 Å². The van der Waals surface area contributed by atoms with Crippen molar-refractivity contribution in [2.45, 2.75) is 12.5 Å². The number of carbonyl (C=O) groups is 1. The molecule has 0 saturated heterocycles. The number of aliphatic hydroxyl groups is 2. The van der Waals surface area contributed by atoms with Gasteiger partial charge in [0.25, 0.3) is 5.91 Å². The fraction of sp³-hybridized carbons (Fsp3) is 0.500. The van der Waals surface area contributed by atoms with Crippen LogP contribution in [0.25, 0.3) is 0 Å². The van der Waals surface area contributed by atoms with Crippen molar-refractivity contribution in [3.05, 3.63) is 16.6 Å². The zero-order chi connectivity index (χ0) is 10.6. The number of aromatic nitrogens is 1. The van der Waals surface area contributed by atoms with Crippen molar-refractivity contribution in [2.75, 3.05) is 13.2 Å². The lowest BCUT2D eigenvalue weighted by Gasteiger charge is -2.20. The van der Waals surface area contributed by atoms with Gasteiger partial charge in [-0.3, -0.25) is 9.78 Å². The number of hydrogen-bond acceptors (Lipinski definition) is 5. The van der Waals surface area contributed by atoms with E-state index in [1.807, 2.05) is 0 Å². The summed E-state index contributed by atoms with van der Waals surface area (Å²) in [5, 5.41) is 20.6. The fourth-order valence-electron chi connectivity index (χ4n) is 0.742. The molecule has 1 heterocycles. The Morgan fingerprint density at radius 3 is 3.00 bits per heavy atom. The molecule has 78 valence electrons. The molecular weight excluding hydrogens is 204 g/mol. The Labute approximate surface area is 85.4 Å². The first-order chi connectivity index (χ1) is 6.55. The summed E-state index contributed by atoms with van der Waals surface area (Å²) in [6, 6.07) is 0. The van der Waals surface area contributed by atoms with Gasteiger partial charge in [-0.1, -0.05) is 0 Å². The zero-order valence-corrected chi connectivity index (χ0v) is 8.54. The number of rotatable bonds is 4. The van der Waals surface area contributed by atoms with Gasteiger partial charge in [0.2, 0.25) is 0 Å². The van der Waals surface area contributed by atoms with E-state index in [0.717, 1.165) is 0 Å². The molecule has 1 amide bonds. The molecule has 0 fully saturated rings. The number of nitrogens with one attached hydrogen (secondary N) is 1. The molecule has 1 rings (SSSR count). The summed E-state index contributed by atoms with van der Waals surface area (Å²) < 4.78 is 0. The van der Waals surface area contributed by atoms with E-state index in [0.29, 0.717) is 4.88 Å². The van der Waals surface area contributed by atoms with Gasteiger partial charge in [0.1, 0.15) is 10.5 Å². The van der Waals surface area contributed by atoms with Crippen LogP contribution in [0.1, 0.15) is 16.6 Å². The lowest BCUT2D eigenvalue weighted by atomic mass is 10.1. The molecule has 1 aromatic heterocycles. The van der Waals surface area contributed by atoms with Crippen LogP contribution in [0.5, 0.6) is 0 Å². The van der Waals surface area contributed by atoms with E-state index in [1.165, 1.54) is 24.5 Å². The maximum absolute atomic E-state index is 11.3. The van der Waals surface area contributed by atoms with E-state index in [9.17, 15) is 9.90 Å². The minimum atomic E-state index is -1.28. The zero-order valence-electron chi connectivity index (χ0n) is 7.73. The highest BCUT2D eigenvalue weighted by atomic mass is 32.1. The van der Waals surface area contributed by atoms with E-state index >= 15 is 0 Å². The predicted octanol–water partition coefficient (Wildman–Crippen LogP) is -0.384. The maximum Gasteiger partial charge on any atom is 0.263 e. The second-order valence-electron chi connectivity index (χ2n) is 3.20. The van der Waals surface area contributed by atoms with E-state index in [4.69, 9.17) is 5.11 Å². The van der Waals surface area contributed by atoms with Crippen LogP contribution in [0.15, 0.2) is 11.7 Å². The second-order valence-corrected chi connectivity index (χ2v) is 4.09. The Hall–Kier alpha value is -0.980. The maximum atomic E-state index is 11.3. The third-order valence-electron chi connectivity index (χ3n) is 1.63. The highest BCUT2D eigenvalue weighted by Crippen LogP contribution is 2.05. The van der Waals surface area contributed by atoms with Crippen molar-refractivity contribution in [2.24, 2.45) is 0 Å². The Morgan fingerprint density at radius 1 is 1.79 bits per heavy atom. The third kappa shape index (κ3) is 3.06. The topological polar surface area (TPSA) is 82.5 Å². The SMILES string of the molecule is CC(O)(CO)CNC(=O)c1cncs1. The van der Waals surface area contributed by atoms with Crippen molar-refractivity contribution < 1.29 is 15.0 Å². The predicted molar refractivity (Wildman–Crippen MR) is 52.2 cm³/mol. The van der Waals surface area contributed by atoms with Gasteiger partial charge in [0.15, 0.2) is 0 Å². The van der Waals surface area contributed by atoms with Crippen LogP contribution >= 0.6 is 11.3 Å². The summed E-state index contributed by atoms with van der Waals surface area (Å²) in [5.41, 5.74) is 0.277. The molecule has 0 bridgehead atoms. The molecule has 1 atom stereocenters. The van der Waals surface area contributed by atoms with E-state index in [-0.39, 0.29) is 12.5 Å². The van der Waals surface area contributed by atoms with Gasteiger partial charge in [-0.25, -0.2) is 0 Å². The first-order valence-electron chi connectivity index (χ1n) is 4.05. The number of amides is 1. The Kier molecular flexibility index (Phi) is 3.56. The summed E-state index contributed by atoms with van der Waals surface area (Å²) in [5.74, 6) is -0.291. The largest absolute Gasteiger partial charge is 0.393 e. The number of aliphatic hydroxyl groups excluding tert-OH is 1. The Balaban J connectivity index is 2.43. The molecule has 0 aliphatic heterocycles. The Bertz CT molecular complexity index is 298. The van der Waals surface area contributed by atoms with Crippen LogP contribution in [0.4, 0.5) is 0 Å². The average molecular weight is 216 g/mol. The molecule has 0 aromatic carbocycles. The van der Waals surface area contributed by atoms with Crippen molar-refractivity contribution in [1.82, 2.24) is 10.3 Å². The van der Waals surface area contributed by atoms with Crippen molar-refractivity contribution >= 4 is 17.2 Å². The van der Waals surface area contributed by atoms with E-state index in [2.05, 4.69) is 10.3 Å². The third-order valence-corrected chi connectivity index (χ3v) is 2.40. The molecule has 0 saturated carbocycles. The summed E-state index contributed by atoms with van der Waals surface area (Å²) in [6.07, 6.45) is 1.45. The minimum absolute atomic E-state index is 0.0141. The highest BCUT2D eigenvalue weighted by molar-refractivity contribution is 7.11. The average Bonchev–Trinajstić information content (AvgIpc) is 2.67. The monoisotopic (exact) mass is 216 g/mol. The number of hydrogen-bond donors (Lipinski definition) is 3. The molecule has 1 unspecified atom stereocenters. The summed E-state index contributed by atoms with van der Waals surface area (Å²) in [7, 11) is 0. The molecule has 6 heteroatoms. The van der Waals surface area contributed by atoms with Crippen LogP contribution < -0.4 is 5.32 Å². The molecule has 0 aliphatic carbocycles. The van der Waals surface area contributed by atoms with Crippen LogP contribution in [-0.4, -0.2) is 39.9 Å². The van der Waals surface area contributed by atoms with Crippen LogP contribution in [0.2, 0.25) is 0 Å². The van der Waals surface area contributed by atoms with Crippen molar-refractivity contribution in [3.8, 4) is 0 Å². The number of nitrogens with zero attached hydrogens (tertiary/aromatic N) is 1. The van der Waals surface area contributed by atoms with Gasteiger partial charge in [0, 0.05) is 6.54 Å². The second kappa shape index (κ2) is 4.50. The molecule has 0 aliphatic rings. The van der Waals surface area contributed by atoms with Crippen molar-refractivity contribution in [1.29, 1.82) is 0 Å². The molecule has 3 N–H and O–H groups in total. The summed E-state index contributed by atoms with van der Waals surface area (Å²) in [4.78, 5) is 15.6. The smallest absolute Gasteiger partial charge is 0.263 e. The lowest BCUT2D eigenvalue weighted by Crippen LogP contribution is -2.43. The molecule has 0 radical (unpaired) electrons. The standard InChI is InChI=1S/C8H12N2O3S/c1-8(13,4-11)3-10-7(12)6-2-9-5-14-6/h2,5,11,13H,3-4H2,1H3,(H,10,12). The number of carbonyl (C=O) groups excluding carboxylic acids is 1. The van der Waals surface area contributed by atoms with Crippen LogP contribution in [-0.2, 0) is 0 Å². The summed E-state index contributed by atoms with van der Waals surface area (Å²) >= 11 is 1.22. The fourth-order valence-corrected chi connectivity index (χ4v) is 1.28. The summed E-state index contributed by atoms with van der Waals surface area (Å²) in [6.45, 7) is 1.07. The molecule has 1 aromatic rings. The molecular formula is C8H12N2O3S. The van der Waals surface area contributed by atoms with E-state index in [1.54, 1.807) is 5.51 Å². The highest BCUT2D eigenvalue weighted by Gasteiger charge is 2.20. The van der Waals surface area contributed by atoms with E-state index < -0.39 is 12.2 Å². The molecule has 0 spiro atoms. The van der Waals surface area contributed by atoms with Gasteiger partial charge in [-0.15, -0.1) is 11.3 Å². The molecule has 14 heavy (non-hydrogen) atoms. The lowest BCUT2D eigenvalue weighted by molar-refractivity contribution is 0.00323.